The normalized spacial score (nSPS) is 16.7. The van der Waals surface area contributed by atoms with Crippen LogP contribution in [0.2, 0.25) is 0 Å². The number of nitrogens with one attached hydrogen (secondary N) is 2. The van der Waals surface area contributed by atoms with Crippen LogP contribution >= 0.6 is 12.4 Å². The molecule has 0 aliphatic heterocycles. The fourth-order valence-corrected chi connectivity index (χ4v) is 2.18. The van der Waals surface area contributed by atoms with Crippen molar-refractivity contribution in [3.8, 4) is 0 Å². The molecule has 1 fully saturated rings. The van der Waals surface area contributed by atoms with Crippen molar-refractivity contribution in [2.24, 2.45) is 17.3 Å². The lowest BCUT2D eigenvalue weighted by molar-refractivity contribution is -0.121. The standard InChI is InChI=1S/C16H32N2O.ClH/c1-12(2)6-9-14(16(3,4)5)18-15(19)11-17-10-13-7-8-13;/h12-14,17H,6-11H2,1-5H3,(H,18,19);1H. The summed E-state index contributed by atoms with van der Waals surface area (Å²) in [7, 11) is 0. The van der Waals surface area contributed by atoms with Gasteiger partial charge in [-0.2, -0.15) is 0 Å². The van der Waals surface area contributed by atoms with Crippen LogP contribution < -0.4 is 10.6 Å². The van der Waals surface area contributed by atoms with Gasteiger partial charge in [0, 0.05) is 6.04 Å². The Balaban J connectivity index is 0.00000361. The Morgan fingerprint density at radius 1 is 1.20 bits per heavy atom. The third-order valence-corrected chi connectivity index (χ3v) is 3.83. The Labute approximate surface area is 131 Å². The highest BCUT2D eigenvalue weighted by molar-refractivity contribution is 5.85. The molecule has 0 spiro atoms. The second kappa shape index (κ2) is 8.89. The summed E-state index contributed by atoms with van der Waals surface area (Å²) in [4.78, 5) is 12.0. The first kappa shape index (κ1) is 19.7. The lowest BCUT2D eigenvalue weighted by atomic mass is 9.83. The maximum atomic E-state index is 12.0. The Hall–Kier alpha value is -0.280. The van der Waals surface area contributed by atoms with Crippen molar-refractivity contribution in [3.05, 3.63) is 0 Å². The van der Waals surface area contributed by atoms with E-state index < -0.39 is 0 Å². The number of rotatable bonds is 8. The highest BCUT2D eigenvalue weighted by atomic mass is 35.5. The van der Waals surface area contributed by atoms with Crippen LogP contribution in [-0.4, -0.2) is 25.0 Å². The Morgan fingerprint density at radius 2 is 1.80 bits per heavy atom. The molecule has 2 N–H and O–H groups in total. The monoisotopic (exact) mass is 304 g/mol. The lowest BCUT2D eigenvalue weighted by Gasteiger charge is -2.32. The largest absolute Gasteiger partial charge is 0.352 e. The number of hydrogen-bond donors (Lipinski definition) is 2. The minimum Gasteiger partial charge on any atom is -0.352 e. The predicted molar refractivity (Wildman–Crippen MR) is 88.3 cm³/mol. The van der Waals surface area contributed by atoms with Gasteiger partial charge in [-0.05, 0) is 49.5 Å². The van der Waals surface area contributed by atoms with E-state index in [2.05, 4.69) is 45.3 Å². The highest BCUT2D eigenvalue weighted by Crippen LogP contribution is 2.27. The number of amides is 1. The van der Waals surface area contributed by atoms with Gasteiger partial charge in [-0.25, -0.2) is 0 Å². The van der Waals surface area contributed by atoms with Gasteiger partial charge >= 0.3 is 0 Å². The minimum absolute atomic E-state index is 0. The van der Waals surface area contributed by atoms with Gasteiger partial charge in [0.1, 0.15) is 0 Å². The number of hydrogen-bond acceptors (Lipinski definition) is 2. The van der Waals surface area contributed by atoms with E-state index in [0.717, 1.165) is 25.3 Å². The van der Waals surface area contributed by atoms with E-state index >= 15 is 0 Å². The Morgan fingerprint density at radius 3 is 2.25 bits per heavy atom. The second-order valence-electron chi connectivity index (χ2n) is 7.53. The summed E-state index contributed by atoms with van der Waals surface area (Å²) in [5.74, 6) is 1.66. The smallest absolute Gasteiger partial charge is 0.234 e. The maximum absolute atomic E-state index is 12.0. The zero-order chi connectivity index (χ0) is 14.5. The van der Waals surface area contributed by atoms with Crippen LogP contribution in [0.25, 0.3) is 0 Å². The van der Waals surface area contributed by atoms with Crippen molar-refractivity contribution in [2.75, 3.05) is 13.1 Å². The summed E-state index contributed by atoms with van der Waals surface area (Å²) < 4.78 is 0. The molecule has 20 heavy (non-hydrogen) atoms. The molecule has 4 heteroatoms. The average Bonchev–Trinajstić information content (AvgIpc) is 3.06. The van der Waals surface area contributed by atoms with Gasteiger partial charge in [0.05, 0.1) is 6.54 Å². The van der Waals surface area contributed by atoms with Gasteiger partial charge in [0.25, 0.3) is 0 Å². The van der Waals surface area contributed by atoms with Crippen LogP contribution in [0.15, 0.2) is 0 Å². The third-order valence-electron chi connectivity index (χ3n) is 3.83. The van der Waals surface area contributed by atoms with E-state index in [1.165, 1.54) is 12.8 Å². The molecule has 0 aromatic rings. The Bertz CT molecular complexity index is 283. The molecule has 0 aromatic carbocycles. The molecule has 0 bridgehead atoms. The van der Waals surface area contributed by atoms with Gasteiger partial charge in [-0.1, -0.05) is 34.6 Å². The van der Waals surface area contributed by atoms with E-state index in [0.29, 0.717) is 12.5 Å². The van der Waals surface area contributed by atoms with Crippen LogP contribution in [0.3, 0.4) is 0 Å². The van der Waals surface area contributed by atoms with Crippen LogP contribution in [0.1, 0.15) is 60.3 Å². The SMILES string of the molecule is CC(C)CCC(NC(=O)CNCC1CC1)C(C)(C)C.Cl. The first-order chi connectivity index (χ1) is 8.79. The third kappa shape index (κ3) is 8.80. The first-order valence-electron chi connectivity index (χ1n) is 7.79. The molecule has 1 saturated carbocycles. The molecule has 0 saturated heterocycles. The molecular weight excluding hydrogens is 272 g/mol. The van der Waals surface area contributed by atoms with Crippen LogP contribution in [0, 0.1) is 17.3 Å². The topological polar surface area (TPSA) is 41.1 Å². The van der Waals surface area contributed by atoms with Crippen LogP contribution in [0.4, 0.5) is 0 Å². The van der Waals surface area contributed by atoms with Crippen molar-refractivity contribution < 1.29 is 4.79 Å². The summed E-state index contributed by atoms with van der Waals surface area (Å²) in [6, 6.07) is 0.269. The molecule has 1 atom stereocenters. The zero-order valence-electron chi connectivity index (χ0n) is 13.8. The van der Waals surface area contributed by atoms with Crippen molar-refractivity contribution in [1.82, 2.24) is 10.6 Å². The van der Waals surface area contributed by atoms with Gasteiger partial charge in [0.15, 0.2) is 0 Å². The van der Waals surface area contributed by atoms with Crippen molar-refractivity contribution in [3.63, 3.8) is 0 Å². The zero-order valence-corrected chi connectivity index (χ0v) is 14.6. The van der Waals surface area contributed by atoms with Crippen LogP contribution in [-0.2, 0) is 4.79 Å². The maximum Gasteiger partial charge on any atom is 0.234 e. The summed E-state index contributed by atoms with van der Waals surface area (Å²) in [5, 5.41) is 6.46. The molecule has 1 aliphatic carbocycles. The van der Waals surface area contributed by atoms with Gasteiger partial charge in [-0.15, -0.1) is 12.4 Å². The van der Waals surface area contributed by atoms with E-state index in [1.807, 2.05) is 0 Å². The summed E-state index contributed by atoms with van der Waals surface area (Å²) >= 11 is 0. The van der Waals surface area contributed by atoms with E-state index in [-0.39, 0.29) is 29.8 Å². The minimum atomic E-state index is 0. The molecule has 3 nitrogen and oxygen atoms in total. The summed E-state index contributed by atoms with van der Waals surface area (Å²) in [5.41, 5.74) is 0.126. The van der Waals surface area contributed by atoms with Crippen molar-refractivity contribution in [1.29, 1.82) is 0 Å². The fourth-order valence-electron chi connectivity index (χ4n) is 2.18. The van der Waals surface area contributed by atoms with E-state index in [4.69, 9.17) is 0 Å². The molecule has 1 rings (SSSR count). The fraction of sp³-hybridized carbons (Fsp3) is 0.938. The first-order valence-corrected chi connectivity index (χ1v) is 7.79. The highest BCUT2D eigenvalue weighted by Gasteiger charge is 2.26. The van der Waals surface area contributed by atoms with Gasteiger partial charge in [0.2, 0.25) is 5.91 Å². The number of halogens is 1. The molecule has 120 valence electrons. The molecule has 0 heterocycles. The lowest BCUT2D eigenvalue weighted by Crippen LogP contribution is -2.47. The molecular formula is C16H33ClN2O. The molecule has 1 aliphatic rings. The summed E-state index contributed by atoms with van der Waals surface area (Å²) in [6.45, 7) is 12.5. The molecule has 0 radical (unpaired) electrons. The van der Waals surface area contributed by atoms with E-state index in [9.17, 15) is 4.79 Å². The van der Waals surface area contributed by atoms with E-state index in [1.54, 1.807) is 0 Å². The predicted octanol–water partition coefficient (Wildman–Crippen LogP) is 3.37. The quantitative estimate of drug-likeness (QED) is 0.722. The summed E-state index contributed by atoms with van der Waals surface area (Å²) in [6.07, 6.45) is 4.88. The molecule has 1 amide bonds. The van der Waals surface area contributed by atoms with Crippen molar-refractivity contribution >= 4 is 18.3 Å². The van der Waals surface area contributed by atoms with Gasteiger partial charge < -0.3 is 10.6 Å². The second-order valence-corrected chi connectivity index (χ2v) is 7.53. The molecule has 1 unspecified atom stereocenters. The number of carbonyl (C=O) groups is 1. The van der Waals surface area contributed by atoms with Gasteiger partial charge in [-0.3, -0.25) is 4.79 Å². The van der Waals surface area contributed by atoms with Crippen molar-refractivity contribution in [2.45, 2.75) is 66.3 Å². The van der Waals surface area contributed by atoms with Crippen LogP contribution in [0.5, 0.6) is 0 Å². The Kier molecular flexibility index (Phi) is 8.76. The number of carbonyl (C=O) groups excluding carboxylic acids is 1. The average molecular weight is 305 g/mol. The molecule has 0 aromatic heterocycles.